The Labute approximate surface area is 162 Å². The number of aromatic nitrogens is 3. The fraction of sp³-hybridized carbons (Fsp3) is 0.190. The number of aryl methyl sites for hydroxylation is 1. The van der Waals surface area contributed by atoms with Gasteiger partial charge in [-0.1, -0.05) is 0 Å². The summed E-state index contributed by atoms with van der Waals surface area (Å²) in [6.07, 6.45) is 3.54. The predicted molar refractivity (Wildman–Crippen MR) is 107 cm³/mol. The van der Waals surface area contributed by atoms with Crippen LogP contribution in [0.1, 0.15) is 5.76 Å². The van der Waals surface area contributed by atoms with Gasteiger partial charge in [-0.05, 0) is 31.2 Å². The number of hydrogen-bond donors (Lipinski definition) is 0. The van der Waals surface area contributed by atoms with Crippen LogP contribution < -0.4 is 14.4 Å². The Hall–Kier alpha value is -3.61. The molecule has 0 fully saturated rings. The van der Waals surface area contributed by atoms with Gasteiger partial charge in [0, 0.05) is 41.9 Å². The van der Waals surface area contributed by atoms with E-state index in [4.69, 9.17) is 13.9 Å². The smallest absolute Gasteiger partial charge is 0.200 e. The lowest BCUT2D eigenvalue weighted by Crippen LogP contribution is -2.09. The summed E-state index contributed by atoms with van der Waals surface area (Å²) in [6.45, 7) is 1.92. The molecule has 0 unspecified atom stereocenters. The molecule has 142 valence electrons. The van der Waals surface area contributed by atoms with Crippen LogP contribution in [0.2, 0.25) is 0 Å². The van der Waals surface area contributed by atoms with Crippen molar-refractivity contribution in [2.45, 2.75) is 6.92 Å². The first-order valence-corrected chi connectivity index (χ1v) is 8.74. The van der Waals surface area contributed by atoms with Gasteiger partial charge in [0.1, 0.15) is 11.6 Å². The van der Waals surface area contributed by atoms with Gasteiger partial charge >= 0.3 is 0 Å². The van der Waals surface area contributed by atoms with E-state index >= 15 is 0 Å². The number of pyridine rings is 1. The Balaban J connectivity index is 1.74. The normalized spacial score (nSPS) is 10.9. The zero-order valence-electron chi connectivity index (χ0n) is 16.1. The molecule has 0 aliphatic heterocycles. The lowest BCUT2D eigenvalue weighted by Gasteiger charge is -2.15. The number of ether oxygens (including phenoxy) is 2. The Bertz CT molecular complexity index is 1120. The maximum Gasteiger partial charge on any atom is 0.200 e. The van der Waals surface area contributed by atoms with Crippen LogP contribution in [0.5, 0.6) is 11.5 Å². The van der Waals surface area contributed by atoms with Crippen molar-refractivity contribution in [3.63, 3.8) is 0 Å². The maximum absolute atomic E-state index is 5.66. The van der Waals surface area contributed by atoms with Gasteiger partial charge in [-0.25, -0.2) is 4.98 Å². The monoisotopic (exact) mass is 376 g/mol. The first-order chi connectivity index (χ1) is 13.6. The summed E-state index contributed by atoms with van der Waals surface area (Å²) in [5.41, 5.74) is 2.57. The van der Waals surface area contributed by atoms with Crippen LogP contribution in [0.25, 0.3) is 22.0 Å². The zero-order valence-corrected chi connectivity index (χ0v) is 16.1. The standard InChI is InChI=1S/C21H20N4O3/c1-13-5-8-21(28-13)25(2)20-7-6-14(11-22-20)16-12-23-24-17-10-19(27-4)18(26-3)9-15(16)17/h5-12H,1-4H3. The van der Waals surface area contributed by atoms with Crippen LogP contribution >= 0.6 is 0 Å². The number of anilines is 2. The molecule has 0 radical (unpaired) electrons. The molecule has 4 rings (SSSR count). The molecular formula is C21H20N4O3. The SMILES string of the molecule is COc1cc2nncc(-c3ccc(N(C)c4ccc(C)o4)nc3)c2cc1OC. The molecular weight excluding hydrogens is 356 g/mol. The fourth-order valence-electron chi connectivity index (χ4n) is 3.07. The Morgan fingerprint density at radius 2 is 1.75 bits per heavy atom. The molecule has 0 aliphatic carbocycles. The van der Waals surface area contributed by atoms with Crippen molar-refractivity contribution in [2.24, 2.45) is 0 Å². The Morgan fingerprint density at radius 3 is 2.39 bits per heavy atom. The number of methoxy groups -OCH3 is 2. The van der Waals surface area contributed by atoms with E-state index in [2.05, 4.69) is 15.2 Å². The summed E-state index contributed by atoms with van der Waals surface area (Å²) < 4.78 is 16.4. The summed E-state index contributed by atoms with van der Waals surface area (Å²) in [4.78, 5) is 6.48. The van der Waals surface area contributed by atoms with Crippen molar-refractivity contribution in [3.8, 4) is 22.6 Å². The summed E-state index contributed by atoms with van der Waals surface area (Å²) in [5, 5.41) is 9.26. The van der Waals surface area contributed by atoms with Gasteiger partial charge in [0.05, 0.1) is 25.9 Å². The number of rotatable bonds is 5. The van der Waals surface area contributed by atoms with Crippen LogP contribution in [0.15, 0.2) is 53.2 Å². The number of benzene rings is 1. The maximum atomic E-state index is 5.66. The lowest BCUT2D eigenvalue weighted by molar-refractivity contribution is 0.356. The largest absolute Gasteiger partial charge is 0.493 e. The second kappa shape index (κ2) is 7.19. The molecule has 7 heteroatoms. The van der Waals surface area contributed by atoms with Crippen LogP contribution in [0.3, 0.4) is 0 Å². The molecule has 0 saturated carbocycles. The molecule has 0 saturated heterocycles. The van der Waals surface area contributed by atoms with Crippen LogP contribution in [-0.4, -0.2) is 36.4 Å². The molecule has 0 amide bonds. The van der Waals surface area contributed by atoms with Gasteiger partial charge in [0.25, 0.3) is 0 Å². The highest BCUT2D eigenvalue weighted by Crippen LogP contribution is 2.36. The molecule has 1 aromatic carbocycles. The van der Waals surface area contributed by atoms with Crippen molar-refractivity contribution in [1.82, 2.24) is 15.2 Å². The minimum absolute atomic E-state index is 0.616. The molecule has 3 heterocycles. The third-order valence-electron chi connectivity index (χ3n) is 4.60. The minimum Gasteiger partial charge on any atom is -0.493 e. The summed E-state index contributed by atoms with van der Waals surface area (Å²) >= 11 is 0. The van der Waals surface area contributed by atoms with Gasteiger partial charge in [-0.15, -0.1) is 0 Å². The summed E-state index contributed by atoms with van der Waals surface area (Å²) in [5.74, 6) is 3.64. The van der Waals surface area contributed by atoms with Crippen LogP contribution in [-0.2, 0) is 0 Å². The van der Waals surface area contributed by atoms with Gasteiger partial charge in [0.2, 0.25) is 5.88 Å². The van der Waals surface area contributed by atoms with Crippen LogP contribution in [0.4, 0.5) is 11.7 Å². The predicted octanol–water partition coefficient (Wildman–Crippen LogP) is 4.38. The third kappa shape index (κ3) is 3.11. The van der Waals surface area contributed by atoms with E-state index in [1.54, 1.807) is 20.4 Å². The van der Waals surface area contributed by atoms with E-state index in [0.717, 1.165) is 39.5 Å². The molecule has 0 spiro atoms. The van der Waals surface area contributed by atoms with Crippen molar-refractivity contribution in [2.75, 3.05) is 26.2 Å². The van der Waals surface area contributed by atoms with E-state index < -0.39 is 0 Å². The number of nitrogens with zero attached hydrogens (tertiary/aromatic N) is 4. The molecule has 0 aliphatic rings. The molecule has 28 heavy (non-hydrogen) atoms. The molecule has 3 aromatic heterocycles. The van der Waals surface area contributed by atoms with Crippen molar-refractivity contribution in [3.05, 3.63) is 54.6 Å². The van der Waals surface area contributed by atoms with Gasteiger partial charge in [0.15, 0.2) is 11.5 Å². The molecule has 0 atom stereocenters. The Morgan fingerprint density at radius 1 is 0.964 bits per heavy atom. The highest BCUT2D eigenvalue weighted by Gasteiger charge is 2.13. The minimum atomic E-state index is 0.616. The average Bonchev–Trinajstić information content (AvgIpc) is 3.18. The number of furan rings is 1. The first-order valence-electron chi connectivity index (χ1n) is 8.74. The van der Waals surface area contributed by atoms with E-state index in [1.165, 1.54) is 0 Å². The summed E-state index contributed by atoms with van der Waals surface area (Å²) in [6, 6.07) is 11.5. The highest BCUT2D eigenvalue weighted by atomic mass is 16.5. The molecule has 7 nitrogen and oxygen atoms in total. The van der Waals surface area contributed by atoms with Crippen molar-refractivity contribution < 1.29 is 13.9 Å². The first kappa shape index (κ1) is 17.8. The van der Waals surface area contributed by atoms with E-state index in [1.807, 2.05) is 61.5 Å². The second-order valence-electron chi connectivity index (χ2n) is 6.33. The zero-order chi connectivity index (χ0) is 19.7. The van der Waals surface area contributed by atoms with Crippen molar-refractivity contribution >= 4 is 22.6 Å². The Kier molecular flexibility index (Phi) is 4.57. The van der Waals surface area contributed by atoms with Gasteiger partial charge in [-0.2, -0.15) is 10.2 Å². The number of fused-ring (bicyclic) bond motifs is 1. The van der Waals surface area contributed by atoms with Gasteiger partial charge < -0.3 is 13.9 Å². The topological polar surface area (TPSA) is 73.5 Å². The van der Waals surface area contributed by atoms with Crippen molar-refractivity contribution in [1.29, 1.82) is 0 Å². The molecule has 4 aromatic rings. The van der Waals surface area contributed by atoms with E-state index in [-0.39, 0.29) is 0 Å². The highest BCUT2D eigenvalue weighted by molar-refractivity contribution is 5.95. The van der Waals surface area contributed by atoms with E-state index in [9.17, 15) is 0 Å². The fourth-order valence-corrected chi connectivity index (χ4v) is 3.07. The molecule has 0 bridgehead atoms. The van der Waals surface area contributed by atoms with Gasteiger partial charge in [-0.3, -0.25) is 4.90 Å². The summed E-state index contributed by atoms with van der Waals surface area (Å²) in [7, 11) is 5.13. The quantitative estimate of drug-likeness (QED) is 0.512. The lowest BCUT2D eigenvalue weighted by atomic mass is 10.0. The molecule has 0 N–H and O–H groups in total. The average molecular weight is 376 g/mol. The second-order valence-corrected chi connectivity index (χ2v) is 6.33. The van der Waals surface area contributed by atoms with Crippen LogP contribution in [0, 0.1) is 6.92 Å². The van der Waals surface area contributed by atoms with E-state index in [0.29, 0.717) is 11.5 Å². The number of hydrogen-bond acceptors (Lipinski definition) is 7. The third-order valence-corrected chi connectivity index (χ3v) is 4.60.